The van der Waals surface area contributed by atoms with Gasteiger partial charge in [-0.1, -0.05) is 0 Å². The molecule has 0 fully saturated rings. The molecule has 0 unspecified atom stereocenters. The summed E-state index contributed by atoms with van der Waals surface area (Å²) in [5.41, 5.74) is 2.47. The summed E-state index contributed by atoms with van der Waals surface area (Å²) in [6.07, 6.45) is 2.34. The predicted octanol–water partition coefficient (Wildman–Crippen LogP) is 3.08. The van der Waals surface area contributed by atoms with Crippen molar-refractivity contribution in [3.63, 3.8) is 0 Å². The van der Waals surface area contributed by atoms with Gasteiger partial charge < -0.3 is 9.67 Å². The lowest BCUT2D eigenvalue weighted by molar-refractivity contribution is 0.112. The number of aldehydes is 1. The Bertz CT molecular complexity index is 824. The van der Waals surface area contributed by atoms with Gasteiger partial charge in [-0.25, -0.2) is 0 Å². The quantitative estimate of drug-likeness (QED) is 0.726. The molecule has 2 heterocycles. The predicted molar refractivity (Wildman–Crippen MR) is 72.9 cm³/mol. The van der Waals surface area contributed by atoms with Crippen molar-refractivity contribution in [2.75, 3.05) is 0 Å². The topological polar surface area (TPSA) is 66.0 Å². The molecule has 3 aromatic rings. The van der Waals surface area contributed by atoms with E-state index >= 15 is 0 Å². The number of phenolic OH excluding ortho intramolecular Hbond substituents is 1. The minimum absolute atomic E-state index is 0.0666. The van der Waals surface area contributed by atoms with Crippen molar-refractivity contribution >= 4 is 28.5 Å². The van der Waals surface area contributed by atoms with Crippen molar-refractivity contribution in [3.8, 4) is 17.5 Å². The number of hydrogen-bond donors (Lipinski definition) is 1. The SMILES string of the molecule is N#Cc1cn(-c2ccc(C=O)c(O)c2)c2cscc12. The molecule has 0 atom stereocenters. The fraction of sp³-hybridized carbons (Fsp3) is 0. The summed E-state index contributed by atoms with van der Waals surface area (Å²) in [6.45, 7) is 0. The van der Waals surface area contributed by atoms with Crippen molar-refractivity contribution in [3.05, 3.63) is 46.3 Å². The maximum absolute atomic E-state index is 10.7. The molecule has 0 aliphatic rings. The Morgan fingerprint density at radius 3 is 2.89 bits per heavy atom. The van der Waals surface area contributed by atoms with Gasteiger partial charge in [0.1, 0.15) is 11.8 Å². The molecule has 0 aliphatic heterocycles. The fourth-order valence-electron chi connectivity index (χ4n) is 2.03. The molecule has 1 aromatic carbocycles. The van der Waals surface area contributed by atoms with E-state index in [1.54, 1.807) is 18.3 Å². The van der Waals surface area contributed by atoms with Gasteiger partial charge in [0.15, 0.2) is 6.29 Å². The van der Waals surface area contributed by atoms with Crippen LogP contribution in [0, 0.1) is 11.3 Å². The summed E-state index contributed by atoms with van der Waals surface area (Å²) in [4.78, 5) is 10.7. The average Bonchev–Trinajstić information content (AvgIpc) is 3.00. The maximum atomic E-state index is 10.7. The normalized spacial score (nSPS) is 10.5. The zero-order valence-corrected chi connectivity index (χ0v) is 10.5. The van der Waals surface area contributed by atoms with Gasteiger partial charge in [-0.3, -0.25) is 4.79 Å². The van der Waals surface area contributed by atoms with Crippen LogP contribution in [0.3, 0.4) is 0 Å². The van der Waals surface area contributed by atoms with E-state index in [1.165, 1.54) is 17.4 Å². The molecule has 0 bridgehead atoms. The number of nitrogens with zero attached hydrogens (tertiary/aromatic N) is 2. The summed E-state index contributed by atoms with van der Waals surface area (Å²) in [5, 5.41) is 23.6. The highest BCUT2D eigenvalue weighted by atomic mass is 32.1. The smallest absolute Gasteiger partial charge is 0.153 e. The van der Waals surface area contributed by atoms with Crippen LogP contribution in [0.25, 0.3) is 16.6 Å². The van der Waals surface area contributed by atoms with Gasteiger partial charge in [0.05, 0.1) is 16.6 Å². The molecule has 0 saturated heterocycles. The van der Waals surface area contributed by atoms with Gasteiger partial charge in [0.25, 0.3) is 0 Å². The first-order chi connectivity index (χ1) is 9.24. The molecule has 5 heteroatoms. The monoisotopic (exact) mass is 268 g/mol. The van der Waals surface area contributed by atoms with Gasteiger partial charge in [0.2, 0.25) is 0 Å². The minimum Gasteiger partial charge on any atom is -0.507 e. The molecule has 19 heavy (non-hydrogen) atoms. The first-order valence-corrected chi connectivity index (χ1v) is 6.45. The number of fused-ring (bicyclic) bond motifs is 1. The molecule has 0 radical (unpaired) electrons. The van der Waals surface area contributed by atoms with Gasteiger partial charge in [-0.15, -0.1) is 11.3 Å². The van der Waals surface area contributed by atoms with Crippen molar-refractivity contribution in [2.24, 2.45) is 0 Å². The molecule has 92 valence electrons. The van der Waals surface area contributed by atoms with Crippen molar-refractivity contribution in [1.82, 2.24) is 4.57 Å². The van der Waals surface area contributed by atoms with E-state index < -0.39 is 0 Å². The summed E-state index contributed by atoms with van der Waals surface area (Å²) in [5.74, 6) is -0.0666. The van der Waals surface area contributed by atoms with Crippen molar-refractivity contribution < 1.29 is 9.90 Å². The number of aromatic nitrogens is 1. The number of nitriles is 1. The number of thiophene rings is 1. The Labute approximate surface area is 112 Å². The summed E-state index contributed by atoms with van der Waals surface area (Å²) >= 11 is 1.52. The summed E-state index contributed by atoms with van der Waals surface area (Å²) < 4.78 is 1.83. The lowest BCUT2D eigenvalue weighted by Gasteiger charge is -2.05. The molecule has 3 rings (SSSR count). The molecule has 1 N–H and O–H groups in total. The van der Waals surface area contributed by atoms with Crippen LogP contribution in [-0.2, 0) is 0 Å². The highest BCUT2D eigenvalue weighted by Crippen LogP contribution is 2.29. The van der Waals surface area contributed by atoms with Gasteiger partial charge >= 0.3 is 0 Å². The molecule has 0 aliphatic carbocycles. The van der Waals surface area contributed by atoms with Crippen molar-refractivity contribution in [1.29, 1.82) is 5.26 Å². The Morgan fingerprint density at radius 2 is 2.21 bits per heavy atom. The van der Waals surface area contributed by atoms with E-state index in [0.717, 1.165) is 10.9 Å². The van der Waals surface area contributed by atoms with E-state index in [2.05, 4.69) is 6.07 Å². The molecular formula is C14H8N2O2S. The summed E-state index contributed by atoms with van der Waals surface area (Å²) in [7, 11) is 0. The Hall–Kier alpha value is -2.58. The van der Waals surface area contributed by atoms with E-state index in [1.807, 2.05) is 15.3 Å². The van der Waals surface area contributed by atoms with Crippen LogP contribution in [0.1, 0.15) is 15.9 Å². The van der Waals surface area contributed by atoms with Crippen LogP contribution in [0.15, 0.2) is 35.2 Å². The maximum Gasteiger partial charge on any atom is 0.153 e. The van der Waals surface area contributed by atoms with Crippen LogP contribution in [0.5, 0.6) is 5.75 Å². The average molecular weight is 268 g/mol. The van der Waals surface area contributed by atoms with Crippen LogP contribution >= 0.6 is 11.3 Å². The molecule has 0 saturated carbocycles. The molecule has 2 aromatic heterocycles. The number of benzene rings is 1. The zero-order chi connectivity index (χ0) is 13.4. The molecular weight excluding hydrogens is 260 g/mol. The third-order valence-electron chi connectivity index (χ3n) is 2.99. The highest BCUT2D eigenvalue weighted by Gasteiger charge is 2.11. The standard InChI is InChI=1S/C14H8N2O2S/c15-4-10-5-16(13-8-19-7-12(10)13)11-2-1-9(6-17)14(18)3-11/h1-3,5-8,18H. The highest BCUT2D eigenvalue weighted by molar-refractivity contribution is 7.09. The first kappa shape index (κ1) is 11.5. The molecule has 0 spiro atoms. The number of phenols is 1. The number of carbonyl (C=O) groups excluding carboxylic acids is 1. The van der Waals surface area contributed by atoms with Gasteiger partial charge in [-0.05, 0) is 12.1 Å². The largest absolute Gasteiger partial charge is 0.507 e. The van der Waals surface area contributed by atoms with E-state index in [-0.39, 0.29) is 11.3 Å². The Kier molecular flexibility index (Phi) is 2.58. The Balaban J connectivity index is 2.25. The number of rotatable bonds is 2. The molecule has 4 nitrogen and oxygen atoms in total. The fourth-order valence-corrected chi connectivity index (χ4v) is 2.85. The van der Waals surface area contributed by atoms with Crippen LogP contribution in [0.2, 0.25) is 0 Å². The lowest BCUT2D eigenvalue weighted by atomic mass is 10.2. The second-order valence-corrected chi connectivity index (χ2v) is 4.80. The van der Waals surface area contributed by atoms with Crippen LogP contribution in [0.4, 0.5) is 0 Å². The van der Waals surface area contributed by atoms with E-state index in [9.17, 15) is 9.90 Å². The molecule has 0 amide bonds. The zero-order valence-electron chi connectivity index (χ0n) is 9.70. The second-order valence-electron chi connectivity index (χ2n) is 4.06. The van der Waals surface area contributed by atoms with Gasteiger partial charge in [-0.2, -0.15) is 5.26 Å². The number of aromatic hydroxyl groups is 1. The van der Waals surface area contributed by atoms with E-state index in [4.69, 9.17) is 5.26 Å². The number of hydrogen-bond acceptors (Lipinski definition) is 4. The Morgan fingerprint density at radius 1 is 1.37 bits per heavy atom. The number of carbonyl (C=O) groups is 1. The third kappa shape index (κ3) is 1.70. The minimum atomic E-state index is -0.0666. The first-order valence-electron chi connectivity index (χ1n) is 5.50. The second kappa shape index (κ2) is 4.26. The summed E-state index contributed by atoms with van der Waals surface area (Å²) in [6, 6.07) is 6.96. The third-order valence-corrected chi connectivity index (χ3v) is 3.72. The van der Waals surface area contributed by atoms with E-state index in [0.29, 0.717) is 17.5 Å². The lowest BCUT2D eigenvalue weighted by Crippen LogP contribution is -1.92. The van der Waals surface area contributed by atoms with Crippen molar-refractivity contribution in [2.45, 2.75) is 0 Å². The van der Waals surface area contributed by atoms with Crippen LogP contribution in [-0.4, -0.2) is 16.0 Å². The van der Waals surface area contributed by atoms with Gasteiger partial charge in [0, 0.05) is 34.1 Å². The van der Waals surface area contributed by atoms with Crippen LogP contribution < -0.4 is 0 Å².